The molecule has 0 saturated carbocycles. The van der Waals surface area contributed by atoms with Crippen LogP contribution in [0, 0.1) is 0 Å². The molecule has 0 bridgehead atoms. The highest BCUT2D eigenvalue weighted by molar-refractivity contribution is 5.55. The Labute approximate surface area is 117 Å². The van der Waals surface area contributed by atoms with Crippen molar-refractivity contribution in [3.05, 3.63) is 29.8 Å². The normalized spacial score (nSPS) is 19.1. The second-order valence-corrected chi connectivity index (χ2v) is 5.34. The van der Waals surface area contributed by atoms with E-state index >= 15 is 0 Å². The van der Waals surface area contributed by atoms with E-state index in [9.17, 15) is 13.2 Å². The molecule has 1 aliphatic rings. The third-order valence-corrected chi connectivity index (χ3v) is 3.94. The molecule has 2 N–H and O–H groups in total. The number of fused-ring (bicyclic) bond motifs is 1. The summed E-state index contributed by atoms with van der Waals surface area (Å²) in [4.78, 5) is 1.47. The molecule has 20 heavy (non-hydrogen) atoms. The molecule has 0 spiro atoms. The van der Waals surface area contributed by atoms with E-state index in [0.29, 0.717) is 18.7 Å². The van der Waals surface area contributed by atoms with Crippen molar-refractivity contribution in [1.29, 1.82) is 0 Å². The van der Waals surface area contributed by atoms with Crippen LogP contribution in [0.5, 0.6) is 0 Å². The molecule has 1 heterocycles. The topological polar surface area (TPSA) is 29.3 Å². The highest BCUT2D eigenvalue weighted by atomic mass is 19.4. The highest BCUT2D eigenvalue weighted by Gasteiger charge is 2.47. The van der Waals surface area contributed by atoms with Crippen molar-refractivity contribution >= 4 is 5.69 Å². The summed E-state index contributed by atoms with van der Waals surface area (Å²) in [7, 11) is 0. The fourth-order valence-electron chi connectivity index (χ4n) is 2.88. The molecule has 112 valence electrons. The van der Waals surface area contributed by atoms with Gasteiger partial charge in [0, 0.05) is 18.3 Å². The van der Waals surface area contributed by atoms with Gasteiger partial charge in [-0.15, -0.1) is 0 Å². The van der Waals surface area contributed by atoms with E-state index in [1.165, 1.54) is 4.90 Å². The maximum atomic E-state index is 13.4. The van der Waals surface area contributed by atoms with Crippen LogP contribution in [0.2, 0.25) is 0 Å². The fourth-order valence-corrected chi connectivity index (χ4v) is 2.88. The Bertz CT molecular complexity index is 445. The van der Waals surface area contributed by atoms with Gasteiger partial charge >= 0.3 is 6.18 Å². The zero-order chi connectivity index (χ0) is 14.8. The zero-order valence-electron chi connectivity index (χ0n) is 11.7. The van der Waals surface area contributed by atoms with E-state index in [1.54, 1.807) is 19.1 Å². The second kappa shape index (κ2) is 6.04. The minimum atomic E-state index is -4.31. The largest absolute Gasteiger partial charge is 0.410 e. The number of nitrogens with zero attached hydrogens (tertiary/aromatic N) is 1. The van der Waals surface area contributed by atoms with Crippen LogP contribution in [0.15, 0.2) is 24.3 Å². The minimum absolute atomic E-state index is 0.308. The molecule has 5 heteroatoms. The number of benzene rings is 1. The number of hydrogen-bond donors (Lipinski definition) is 1. The molecule has 2 nitrogen and oxygen atoms in total. The predicted octanol–water partition coefficient (Wildman–Crippen LogP) is 3.50. The summed E-state index contributed by atoms with van der Waals surface area (Å²) in [6.07, 6.45) is -1.49. The van der Waals surface area contributed by atoms with Gasteiger partial charge in [0.2, 0.25) is 0 Å². The Morgan fingerprint density at radius 2 is 1.95 bits per heavy atom. The lowest BCUT2D eigenvalue weighted by molar-refractivity contribution is -0.153. The van der Waals surface area contributed by atoms with Crippen LogP contribution >= 0.6 is 0 Å². The summed E-state index contributed by atoms with van der Waals surface area (Å²) < 4.78 is 40.3. The van der Waals surface area contributed by atoms with Crippen molar-refractivity contribution in [2.45, 2.75) is 50.9 Å². The molecule has 1 aromatic carbocycles. The molecular weight excluding hydrogens is 265 g/mol. The molecule has 0 fully saturated rings. The van der Waals surface area contributed by atoms with Gasteiger partial charge < -0.3 is 10.6 Å². The van der Waals surface area contributed by atoms with Gasteiger partial charge in [0.15, 0.2) is 0 Å². The Hall–Kier alpha value is -1.23. The molecule has 1 aromatic rings. The lowest BCUT2D eigenvalue weighted by atomic mass is 10.0. The maximum absolute atomic E-state index is 13.4. The van der Waals surface area contributed by atoms with Gasteiger partial charge in [-0.1, -0.05) is 25.1 Å². The summed E-state index contributed by atoms with van der Waals surface area (Å²) >= 11 is 0. The van der Waals surface area contributed by atoms with Crippen LogP contribution < -0.4 is 10.6 Å². The number of hydrogen-bond acceptors (Lipinski definition) is 2. The maximum Gasteiger partial charge on any atom is 0.410 e. The van der Waals surface area contributed by atoms with E-state index in [-0.39, 0.29) is 0 Å². The second-order valence-electron chi connectivity index (χ2n) is 5.34. The molecule has 2 unspecified atom stereocenters. The molecule has 0 aliphatic carbocycles. The Morgan fingerprint density at radius 1 is 1.25 bits per heavy atom. The Kier molecular flexibility index (Phi) is 4.58. The molecule has 0 saturated heterocycles. The number of halogens is 3. The quantitative estimate of drug-likeness (QED) is 0.921. The molecule has 2 atom stereocenters. The third-order valence-electron chi connectivity index (χ3n) is 3.94. The van der Waals surface area contributed by atoms with Gasteiger partial charge in [-0.25, -0.2) is 0 Å². The summed E-state index contributed by atoms with van der Waals surface area (Å²) in [5.41, 5.74) is 7.46. The van der Waals surface area contributed by atoms with Gasteiger partial charge in [-0.3, -0.25) is 0 Å². The lowest BCUT2D eigenvalue weighted by Gasteiger charge is -2.38. The number of para-hydroxylation sites is 1. The number of anilines is 1. The van der Waals surface area contributed by atoms with Gasteiger partial charge in [0.05, 0.1) is 0 Å². The smallest absolute Gasteiger partial charge is 0.358 e. The van der Waals surface area contributed by atoms with Crippen LogP contribution in [0.4, 0.5) is 18.9 Å². The van der Waals surface area contributed by atoms with Crippen molar-refractivity contribution < 1.29 is 13.2 Å². The van der Waals surface area contributed by atoms with Crippen molar-refractivity contribution in [3.8, 4) is 0 Å². The first-order valence-corrected chi connectivity index (χ1v) is 7.12. The first-order chi connectivity index (χ1) is 9.45. The zero-order valence-corrected chi connectivity index (χ0v) is 11.7. The van der Waals surface area contributed by atoms with E-state index in [0.717, 1.165) is 24.8 Å². The van der Waals surface area contributed by atoms with Crippen molar-refractivity contribution in [2.75, 3.05) is 11.4 Å². The van der Waals surface area contributed by atoms with E-state index in [4.69, 9.17) is 5.73 Å². The molecule has 0 aromatic heterocycles. The van der Waals surface area contributed by atoms with Crippen molar-refractivity contribution in [2.24, 2.45) is 5.73 Å². The number of nitrogens with two attached hydrogens (primary N) is 1. The van der Waals surface area contributed by atoms with E-state index in [2.05, 4.69) is 0 Å². The number of alkyl halides is 3. The Balaban J connectivity index is 2.42. The van der Waals surface area contributed by atoms with Crippen molar-refractivity contribution in [3.63, 3.8) is 0 Å². The van der Waals surface area contributed by atoms with Gasteiger partial charge in [0.1, 0.15) is 6.04 Å². The molecule has 0 amide bonds. The Morgan fingerprint density at radius 3 is 2.60 bits per heavy atom. The average molecular weight is 286 g/mol. The predicted molar refractivity (Wildman–Crippen MR) is 74.8 cm³/mol. The fraction of sp³-hybridized carbons (Fsp3) is 0.600. The highest BCUT2D eigenvalue weighted by Crippen LogP contribution is 2.35. The lowest BCUT2D eigenvalue weighted by Crippen LogP contribution is -2.56. The number of aryl methyl sites for hydroxylation is 1. The van der Waals surface area contributed by atoms with Gasteiger partial charge in [-0.05, 0) is 37.3 Å². The molecule has 0 radical (unpaired) electrons. The number of rotatable bonds is 3. The van der Waals surface area contributed by atoms with Gasteiger partial charge in [-0.2, -0.15) is 13.2 Å². The van der Waals surface area contributed by atoms with E-state index < -0.39 is 18.3 Å². The molecule has 1 aliphatic heterocycles. The third kappa shape index (κ3) is 3.08. The van der Waals surface area contributed by atoms with Crippen LogP contribution in [-0.2, 0) is 6.42 Å². The monoisotopic (exact) mass is 286 g/mol. The summed E-state index contributed by atoms with van der Waals surface area (Å²) in [5.74, 6) is 0. The SMILES string of the molecule is CCC(N)C(N1CCCCc2ccccc21)C(F)(F)F. The van der Waals surface area contributed by atoms with Crippen LogP contribution in [0.1, 0.15) is 31.7 Å². The van der Waals surface area contributed by atoms with Crippen LogP contribution in [0.3, 0.4) is 0 Å². The average Bonchev–Trinajstić information content (AvgIpc) is 2.60. The summed E-state index contributed by atoms with van der Waals surface area (Å²) in [5, 5.41) is 0. The first kappa shape index (κ1) is 15.2. The first-order valence-electron chi connectivity index (χ1n) is 7.12. The van der Waals surface area contributed by atoms with Gasteiger partial charge in [0.25, 0.3) is 0 Å². The summed E-state index contributed by atoms with van der Waals surface area (Å²) in [6, 6.07) is 4.86. The summed E-state index contributed by atoms with van der Waals surface area (Å²) in [6.45, 7) is 2.11. The van der Waals surface area contributed by atoms with E-state index in [1.807, 2.05) is 12.1 Å². The molecular formula is C15H21F3N2. The standard InChI is InChI=1S/C15H21F3N2/c1-2-12(19)14(15(16,17)18)20-10-6-5-8-11-7-3-4-9-13(11)20/h3-4,7,9,12,14H,2,5-6,8,10,19H2,1H3. The minimum Gasteiger partial charge on any atom is -0.358 e. The van der Waals surface area contributed by atoms with Crippen LogP contribution in [-0.4, -0.2) is 24.8 Å². The van der Waals surface area contributed by atoms with Crippen molar-refractivity contribution in [1.82, 2.24) is 0 Å². The molecule has 2 rings (SSSR count). The van der Waals surface area contributed by atoms with Crippen LogP contribution in [0.25, 0.3) is 0 Å².